The molecule has 1 aliphatic rings. The number of benzene rings is 2. The van der Waals surface area contributed by atoms with E-state index in [-0.39, 0.29) is 21.7 Å². The number of sulfonamides is 1. The first kappa shape index (κ1) is 17.4. The van der Waals surface area contributed by atoms with Gasteiger partial charge in [0.15, 0.2) is 5.17 Å². The van der Waals surface area contributed by atoms with Crippen molar-refractivity contribution >= 4 is 38.5 Å². The predicted molar refractivity (Wildman–Crippen MR) is 94.0 cm³/mol. The normalized spacial score (nSPS) is 16.5. The molecule has 0 bridgehead atoms. The van der Waals surface area contributed by atoms with Crippen LogP contribution in [-0.2, 0) is 14.8 Å². The summed E-state index contributed by atoms with van der Waals surface area (Å²) in [5.41, 5.74) is 0.490. The van der Waals surface area contributed by atoms with Crippen molar-refractivity contribution in [1.82, 2.24) is 0 Å². The van der Waals surface area contributed by atoms with E-state index in [4.69, 9.17) is 4.74 Å². The van der Waals surface area contributed by atoms with E-state index in [9.17, 15) is 17.6 Å². The van der Waals surface area contributed by atoms with Gasteiger partial charge in [0.05, 0.1) is 23.4 Å². The van der Waals surface area contributed by atoms with Crippen LogP contribution < -0.4 is 9.64 Å². The molecule has 1 saturated heterocycles. The van der Waals surface area contributed by atoms with Crippen molar-refractivity contribution in [1.29, 1.82) is 0 Å². The molecule has 2 aromatic carbocycles. The Morgan fingerprint density at radius 2 is 1.76 bits per heavy atom. The molecule has 25 heavy (non-hydrogen) atoms. The molecule has 0 saturated carbocycles. The van der Waals surface area contributed by atoms with Gasteiger partial charge in [-0.15, -0.1) is 4.40 Å². The summed E-state index contributed by atoms with van der Waals surface area (Å²) >= 11 is 1.03. The van der Waals surface area contributed by atoms with Crippen LogP contribution in [0.15, 0.2) is 57.8 Å². The third-order valence-corrected chi connectivity index (χ3v) is 5.73. The molecule has 0 radical (unpaired) electrons. The lowest BCUT2D eigenvalue weighted by Crippen LogP contribution is -2.29. The molecule has 0 N–H and O–H groups in total. The van der Waals surface area contributed by atoms with Crippen LogP contribution in [0.1, 0.15) is 0 Å². The zero-order chi connectivity index (χ0) is 18.0. The molecule has 9 heteroatoms. The van der Waals surface area contributed by atoms with Crippen molar-refractivity contribution in [3.8, 4) is 5.75 Å². The van der Waals surface area contributed by atoms with E-state index in [1.165, 1.54) is 12.0 Å². The minimum absolute atomic E-state index is 0.0551. The monoisotopic (exact) mass is 380 g/mol. The number of rotatable bonds is 4. The molecule has 0 aromatic heterocycles. The van der Waals surface area contributed by atoms with Crippen LogP contribution in [0.2, 0.25) is 0 Å². The van der Waals surface area contributed by atoms with E-state index in [2.05, 4.69) is 4.40 Å². The van der Waals surface area contributed by atoms with Gasteiger partial charge in [-0.05, 0) is 48.5 Å². The highest BCUT2D eigenvalue weighted by molar-refractivity contribution is 8.16. The largest absolute Gasteiger partial charge is 0.497 e. The molecular weight excluding hydrogens is 367 g/mol. The van der Waals surface area contributed by atoms with Crippen molar-refractivity contribution in [2.24, 2.45) is 4.40 Å². The Labute approximate surface area is 148 Å². The van der Waals surface area contributed by atoms with E-state index in [0.717, 1.165) is 36.0 Å². The molecule has 6 nitrogen and oxygen atoms in total. The second-order valence-electron chi connectivity index (χ2n) is 5.02. The lowest BCUT2D eigenvalue weighted by atomic mass is 10.3. The number of thioether (sulfide) groups is 1. The van der Waals surface area contributed by atoms with Crippen LogP contribution >= 0.6 is 11.8 Å². The first-order valence-electron chi connectivity index (χ1n) is 7.11. The van der Waals surface area contributed by atoms with E-state index in [0.29, 0.717) is 11.4 Å². The molecule has 130 valence electrons. The number of nitrogens with zero attached hydrogens (tertiary/aromatic N) is 2. The number of halogens is 1. The fraction of sp³-hybridized carbons (Fsp3) is 0.125. The third-order valence-electron chi connectivity index (χ3n) is 3.41. The van der Waals surface area contributed by atoms with E-state index in [1.54, 1.807) is 24.3 Å². The molecule has 1 fully saturated rings. The smallest absolute Gasteiger partial charge is 0.284 e. The van der Waals surface area contributed by atoms with Gasteiger partial charge >= 0.3 is 0 Å². The molecule has 2 aromatic rings. The van der Waals surface area contributed by atoms with Gasteiger partial charge in [0.25, 0.3) is 10.0 Å². The number of amidine groups is 1. The van der Waals surface area contributed by atoms with Crippen LogP contribution in [-0.4, -0.2) is 32.4 Å². The second-order valence-corrected chi connectivity index (χ2v) is 7.57. The summed E-state index contributed by atoms with van der Waals surface area (Å²) in [4.78, 5) is 13.3. The molecule has 1 heterocycles. The van der Waals surface area contributed by atoms with Gasteiger partial charge in [-0.25, -0.2) is 4.39 Å². The Morgan fingerprint density at radius 1 is 1.12 bits per heavy atom. The molecule has 0 unspecified atom stereocenters. The Kier molecular flexibility index (Phi) is 4.78. The highest BCUT2D eigenvalue weighted by Gasteiger charge is 2.31. The number of amides is 1. The van der Waals surface area contributed by atoms with Gasteiger partial charge in [0.2, 0.25) is 5.91 Å². The molecule has 0 aliphatic carbocycles. The number of carbonyl (C=O) groups excluding carboxylic acids is 1. The number of carbonyl (C=O) groups is 1. The summed E-state index contributed by atoms with van der Waals surface area (Å²) in [6.07, 6.45) is 0. The van der Waals surface area contributed by atoms with Gasteiger partial charge in [-0.1, -0.05) is 11.8 Å². The van der Waals surface area contributed by atoms with Crippen LogP contribution in [0.3, 0.4) is 0 Å². The maximum atomic E-state index is 13.0. The van der Waals surface area contributed by atoms with E-state index in [1.807, 2.05) is 0 Å². The summed E-state index contributed by atoms with van der Waals surface area (Å²) in [7, 11) is -2.53. The SMILES string of the molecule is COc1ccc(N2C(=O)CS/C2=N/S(=O)(=O)c2ccc(F)cc2)cc1. The molecule has 0 spiro atoms. The van der Waals surface area contributed by atoms with Crippen LogP contribution in [0.5, 0.6) is 5.75 Å². The van der Waals surface area contributed by atoms with Crippen molar-refractivity contribution in [2.75, 3.05) is 17.8 Å². The summed E-state index contributed by atoms with van der Waals surface area (Å²) in [5, 5.41) is 0.0551. The predicted octanol–water partition coefficient (Wildman–Crippen LogP) is 2.66. The summed E-state index contributed by atoms with van der Waals surface area (Å²) in [6, 6.07) is 11.0. The van der Waals surface area contributed by atoms with Crippen molar-refractivity contribution in [3.63, 3.8) is 0 Å². The van der Waals surface area contributed by atoms with Crippen LogP contribution in [0, 0.1) is 5.82 Å². The molecule has 0 atom stereocenters. The zero-order valence-electron chi connectivity index (χ0n) is 13.0. The topological polar surface area (TPSA) is 76.0 Å². The highest BCUT2D eigenvalue weighted by Crippen LogP contribution is 2.29. The molecule has 1 amide bonds. The Bertz CT molecular complexity index is 926. The lowest BCUT2D eigenvalue weighted by Gasteiger charge is -2.16. The van der Waals surface area contributed by atoms with E-state index >= 15 is 0 Å². The van der Waals surface area contributed by atoms with Gasteiger partial charge in [0.1, 0.15) is 11.6 Å². The van der Waals surface area contributed by atoms with Crippen molar-refractivity contribution in [3.05, 3.63) is 54.3 Å². The minimum Gasteiger partial charge on any atom is -0.497 e. The number of hydrogen-bond donors (Lipinski definition) is 0. The Balaban J connectivity index is 1.97. The van der Waals surface area contributed by atoms with Gasteiger partial charge in [0, 0.05) is 0 Å². The number of hydrogen-bond acceptors (Lipinski definition) is 5. The maximum Gasteiger partial charge on any atom is 0.284 e. The third kappa shape index (κ3) is 3.67. The summed E-state index contributed by atoms with van der Waals surface area (Å²) < 4.78 is 46.6. The number of anilines is 1. The molecule has 1 aliphatic heterocycles. The average Bonchev–Trinajstić information content (AvgIpc) is 2.95. The number of methoxy groups -OCH3 is 1. The Hall–Kier alpha value is -2.39. The maximum absolute atomic E-state index is 13.0. The lowest BCUT2D eigenvalue weighted by molar-refractivity contribution is -0.115. The van der Waals surface area contributed by atoms with Crippen molar-refractivity contribution < 1.29 is 22.3 Å². The first-order chi connectivity index (χ1) is 11.9. The second kappa shape index (κ2) is 6.85. The number of ether oxygens (including phenoxy) is 1. The minimum atomic E-state index is -4.06. The first-order valence-corrected chi connectivity index (χ1v) is 9.53. The average molecular weight is 380 g/mol. The highest BCUT2D eigenvalue weighted by atomic mass is 32.2. The van der Waals surface area contributed by atoms with Gasteiger partial charge < -0.3 is 4.74 Å². The molecular formula is C16H13FN2O4S2. The fourth-order valence-corrected chi connectivity index (χ4v) is 4.27. The van der Waals surface area contributed by atoms with Crippen molar-refractivity contribution in [2.45, 2.75) is 4.90 Å². The van der Waals surface area contributed by atoms with Crippen LogP contribution in [0.4, 0.5) is 10.1 Å². The van der Waals surface area contributed by atoms with E-state index < -0.39 is 15.8 Å². The molecule has 3 rings (SSSR count). The Morgan fingerprint density at radius 3 is 2.36 bits per heavy atom. The van der Waals surface area contributed by atoms with Gasteiger partial charge in [-0.2, -0.15) is 8.42 Å². The summed E-state index contributed by atoms with van der Waals surface area (Å²) in [5.74, 6) is -0.121. The fourth-order valence-electron chi connectivity index (χ4n) is 2.18. The standard InChI is InChI=1S/C16H13FN2O4S2/c1-23-13-6-4-12(5-7-13)19-15(20)10-24-16(19)18-25(21,22)14-8-2-11(17)3-9-14/h2-9H,10H2,1H3/b18-16+. The summed E-state index contributed by atoms with van der Waals surface area (Å²) in [6.45, 7) is 0. The quantitative estimate of drug-likeness (QED) is 0.815. The van der Waals surface area contributed by atoms with Gasteiger partial charge in [-0.3, -0.25) is 9.69 Å². The van der Waals surface area contributed by atoms with Crippen LogP contribution in [0.25, 0.3) is 0 Å². The zero-order valence-corrected chi connectivity index (χ0v) is 14.7.